The van der Waals surface area contributed by atoms with Gasteiger partial charge < -0.3 is 39.9 Å². The molecule has 0 aromatic rings. The van der Waals surface area contributed by atoms with Gasteiger partial charge in [-0.25, -0.2) is 13.7 Å². The lowest BCUT2D eigenvalue weighted by atomic mass is 10.1. The van der Waals surface area contributed by atoms with Crippen LogP contribution < -0.4 is 5.73 Å². The third-order valence-electron chi connectivity index (χ3n) is 3.96. The van der Waals surface area contributed by atoms with E-state index < -0.39 is 72.3 Å². The van der Waals surface area contributed by atoms with Crippen LogP contribution in [0.5, 0.6) is 0 Å². The fourth-order valence-corrected chi connectivity index (χ4v) is 5.68. The molecule has 0 aromatic heterocycles. The predicted molar refractivity (Wildman–Crippen MR) is 94.0 cm³/mol. The van der Waals surface area contributed by atoms with E-state index in [4.69, 9.17) is 29.9 Å². The minimum atomic E-state index is -5.77. The Morgan fingerprint density at radius 1 is 1.19 bits per heavy atom. The molecule has 2 heterocycles. The Kier molecular flexibility index (Phi) is 7.81. The summed E-state index contributed by atoms with van der Waals surface area (Å²) in [4.78, 5) is 60.0. The van der Waals surface area contributed by atoms with E-state index in [1.165, 1.54) is 0 Å². The molecular formula is C11H19N2O15P3. The lowest BCUT2D eigenvalue weighted by molar-refractivity contribution is -0.269. The van der Waals surface area contributed by atoms with Gasteiger partial charge in [-0.15, -0.1) is 0 Å². The van der Waals surface area contributed by atoms with Crippen molar-refractivity contribution < 1.29 is 70.6 Å². The molecule has 2 unspecified atom stereocenters. The van der Waals surface area contributed by atoms with E-state index >= 15 is 0 Å². The summed E-state index contributed by atoms with van der Waals surface area (Å²) in [5.74, 6) is -3.51. The van der Waals surface area contributed by atoms with Crippen molar-refractivity contribution in [1.82, 2.24) is 4.90 Å². The zero-order valence-electron chi connectivity index (χ0n) is 15.5. The van der Waals surface area contributed by atoms with Gasteiger partial charge in [0.25, 0.3) is 0 Å². The van der Waals surface area contributed by atoms with Gasteiger partial charge >= 0.3 is 23.5 Å². The van der Waals surface area contributed by atoms with Crippen molar-refractivity contribution in [1.29, 1.82) is 0 Å². The van der Waals surface area contributed by atoms with E-state index in [0.29, 0.717) is 0 Å². The number of nitrogens with two attached hydrogens (primary N) is 1. The molecule has 31 heavy (non-hydrogen) atoms. The van der Waals surface area contributed by atoms with E-state index in [2.05, 4.69) is 13.1 Å². The van der Waals surface area contributed by atoms with Gasteiger partial charge in [-0.2, -0.15) is 8.62 Å². The summed E-state index contributed by atoms with van der Waals surface area (Å²) in [7, 11) is -15.9. The maximum absolute atomic E-state index is 12.1. The molecule has 0 aliphatic carbocycles. The zero-order valence-corrected chi connectivity index (χ0v) is 18.2. The average Bonchev–Trinajstić information content (AvgIpc) is 2.82. The number of phosphoric ester groups is 1. The summed E-state index contributed by atoms with van der Waals surface area (Å²) in [6.07, 6.45) is -1.59. The topological polar surface area (TPSA) is 262 Å². The first kappa shape index (κ1) is 26.4. The lowest BCUT2D eigenvalue weighted by Gasteiger charge is -2.32. The first-order valence-corrected chi connectivity index (χ1v) is 12.5. The van der Waals surface area contributed by atoms with Crippen molar-refractivity contribution in [3.8, 4) is 0 Å². The number of rotatable bonds is 9. The van der Waals surface area contributed by atoms with Gasteiger partial charge in [-0.1, -0.05) is 0 Å². The van der Waals surface area contributed by atoms with E-state index in [9.17, 15) is 33.3 Å². The van der Waals surface area contributed by atoms with Crippen LogP contribution in [0.1, 0.15) is 6.42 Å². The largest absolute Gasteiger partial charge is 0.490 e. The second-order valence-electron chi connectivity index (χ2n) is 6.17. The monoisotopic (exact) mass is 512 g/mol. The summed E-state index contributed by atoms with van der Waals surface area (Å²) >= 11 is 0. The first-order valence-electron chi connectivity index (χ1n) is 7.98. The number of carbonyl (C=O) groups excluding carboxylic acids is 2. The number of nitrogens with zero attached hydrogens (tertiary/aromatic N) is 1. The van der Waals surface area contributed by atoms with Crippen LogP contribution in [0.25, 0.3) is 0 Å². The Morgan fingerprint density at radius 2 is 1.81 bits per heavy atom. The van der Waals surface area contributed by atoms with E-state index in [0.717, 1.165) is 24.3 Å². The van der Waals surface area contributed by atoms with Crippen LogP contribution in [-0.2, 0) is 45.9 Å². The van der Waals surface area contributed by atoms with Gasteiger partial charge in [-0.05, 0) is 6.08 Å². The van der Waals surface area contributed by atoms with Crippen LogP contribution in [0.15, 0.2) is 12.3 Å². The van der Waals surface area contributed by atoms with E-state index in [1.54, 1.807) is 0 Å². The third-order valence-corrected chi connectivity index (χ3v) is 7.75. The molecule has 0 saturated carbocycles. The second kappa shape index (κ2) is 9.17. The van der Waals surface area contributed by atoms with Crippen molar-refractivity contribution in [2.45, 2.75) is 30.6 Å². The maximum Gasteiger partial charge on any atom is 0.490 e. The number of hydrogen-bond acceptors (Lipinski definition) is 12. The highest BCUT2D eigenvalue weighted by Crippen LogP contribution is 2.66. The van der Waals surface area contributed by atoms with Crippen LogP contribution in [0, 0.1) is 0 Å². The van der Waals surface area contributed by atoms with Gasteiger partial charge in [0, 0.05) is 13.3 Å². The first-order chi connectivity index (χ1) is 14.0. The minimum absolute atomic E-state index is 0.487. The quantitative estimate of drug-likeness (QED) is 0.145. The molecule has 1 saturated heterocycles. The summed E-state index contributed by atoms with van der Waals surface area (Å²) < 4.78 is 55.9. The summed E-state index contributed by atoms with van der Waals surface area (Å²) in [6.45, 7) is -1.18. The van der Waals surface area contributed by atoms with Crippen molar-refractivity contribution in [2.24, 2.45) is 5.73 Å². The van der Waals surface area contributed by atoms with Crippen molar-refractivity contribution in [3.63, 3.8) is 0 Å². The van der Waals surface area contributed by atoms with Gasteiger partial charge in [0.1, 0.15) is 12.7 Å². The van der Waals surface area contributed by atoms with Gasteiger partial charge in [0.2, 0.25) is 11.7 Å². The predicted octanol–water partition coefficient (Wildman–Crippen LogP) is -1.97. The Morgan fingerprint density at radius 3 is 2.32 bits per heavy atom. The Hall–Kier alpha value is -0.870. The number of aliphatic hydroxyl groups is 1. The van der Waals surface area contributed by atoms with E-state index in [-0.39, 0.29) is 0 Å². The molecule has 7 N–H and O–H groups in total. The number of ketones is 1. The van der Waals surface area contributed by atoms with Crippen LogP contribution in [-0.4, -0.2) is 79.1 Å². The second-order valence-corrected chi connectivity index (χ2v) is 10.6. The molecule has 17 nitrogen and oxygen atoms in total. The summed E-state index contributed by atoms with van der Waals surface area (Å²) in [5, 5.41) is 10.4. The zero-order chi connectivity index (χ0) is 23.8. The summed E-state index contributed by atoms with van der Waals surface area (Å²) in [6, 6.07) is -1.37. The minimum Gasteiger partial charge on any atom is -0.386 e. The molecule has 1 amide bonds. The van der Waals surface area contributed by atoms with Gasteiger partial charge in [-0.3, -0.25) is 19.0 Å². The number of amides is 1. The Balaban J connectivity index is 2.15. The van der Waals surface area contributed by atoms with Crippen LogP contribution in [0.2, 0.25) is 0 Å². The third kappa shape index (κ3) is 6.57. The number of allylic oxidation sites excluding steroid dienone is 1. The van der Waals surface area contributed by atoms with Gasteiger partial charge in [0.05, 0.1) is 12.5 Å². The molecule has 0 bridgehead atoms. The number of carbonyl (C=O) groups is 2. The normalized spacial score (nSPS) is 33.4. The Bertz CT molecular complexity index is 903. The molecule has 2 aliphatic heterocycles. The number of methoxy groups -OCH3 is 1. The molecule has 1 fully saturated rings. The lowest BCUT2D eigenvalue weighted by Crippen LogP contribution is -2.52. The standard InChI is InChI=1S/C11H19N2O15P3/c1-24-11(5-25-30(20,21)28-31(22,23)27-29(17,18)19)9(16)8(12)10(26-11)13-3-2-6(14)4-7(13)15/h2-3,8-10,16H,4-5,12H2,1H3,(H,20,21)(H,22,23)(H2,17,18,19)/t8-,9+,10-,11-/m1/s1. The fraction of sp³-hybridized carbons (Fsp3) is 0.636. The maximum atomic E-state index is 12.1. The smallest absolute Gasteiger partial charge is 0.386 e. The highest BCUT2D eigenvalue weighted by molar-refractivity contribution is 7.66. The van der Waals surface area contributed by atoms with E-state index in [1.807, 2.05) is 0 Å². The molecule has 2 aliphatic rings. The average molecular weight is 512 g/mol. The molecule has 0 radical (unpaired) electrons. The van der Waals surface area contributed by atoms with Crippen LogP contribution >= 0.6 is 23.5 Å². The number of hydrogen-bond donors (Lipinski definition) is 6. The molecule has 178 valence electrons. The molecule has 6 atom stereocenters. The SMILES string of the molecule is CO[C@]1(COP(=O)(O)OP(=O)(O)OP(=O)(O)O)O[C@@H](N2C=CC(=O)CC2=O)[C@H](N)[C@@H]1O. The number of aliphatic hydroxyl groups excluding tert-OH is 1. The molecular weight excluding hydrogens is 493 g/mol. The summed E-state index contributed by atoms with van der Waals surface area (Å²) in [5.41, 5.74) is 5.83. The van der Waals surface area contributed by atoms with Crippen molar-refractivity contribution in [2.75, 3.05) is 13.7 Å². The van der Waals surface area contributed by atoms with Gasteiger partial charge in [0.15, 0.2) is 12.0 Å². The molecule has 0 spiro atoms. The molecule has 20 heteroatoms. The highest BCUT2D eigenvalue weighted by Gasteiger charge is 2.58. The number of ether oxygens (including phenoxy) is 2. The number of phosphoric acid groups is 3. The fourth-order valence-electron chi connectivity index (χ4n) is 2.64. The van der Waals surface area contributed by atoms with Crippen molar-refractivity contribution in [3.05, 3.63) is 12.3 Å². The van der Waals surface area contributed by atoms with Crippen LogP contribution in [0.3, 0.4) is 0 Å². The Labute approximate surface area is 173 Å². The molecule has 2 rings (SSSR count). The highest BCUT2D eigenvalue weighted by atomic mass is 31.3. The van der Waals surface area contributed by atoms with Crippen molar-refractivity contribution >= 4 is 35.2 Å². The molecule has 0 aromatic carbocycles. The van der Waals surface area contributed by atoms with Crippen LogP contribution in [0.4, 0.5) is 0 Å².